The van der Waals surface area contributed by atoms with Crippen molar-refractivity contribution in [3.63, 3.8) is 0 Å². The molecule has 0 radical (unpaired) electrons. The molecule has 1 amide bonds. The molecular weight excluding hydrogens is 434 g/mol. The first kappa shape index (κ1) is 23.5. The van der Waals surface area contributed by atoms with Gasteiger partial charge >= 0.3 is 5.97 Å². The highest BCUT2D eigenvalue weighted by Crippen LogP contribution is 2.42. The number of carbonyl (C=O) groups is 3. The van der Waals surface area contributed by atoms with Crippen LogP contribution < -0.4 is 5.32 Å². The second-order valence-electron chi connectivity index (χ2n) is 8.99. The smallest absolute Gasteiger partial charge is 0.317 e. The maximum atomic E-state index is 13.0. The standard InChI is InChI=1S/C24H28ClNO4S/c1-23(2,3)21(28)26-14-18-10-11-20(31-18)19(27)15-30-22(29)24(12-4-5-13-24)16-6-8-17(25)9-7-16/h6-11H,4-5,12-15H2,1-3H3,(H,26,28). The number of halogens is 1. The lowest BCUT2D eigenvalue weighted by molar-refractivity contribution is -0.149. The number of hydrogen-bond donors (Lipinski definition) is 1. The zero-order valence-electron chi connectivity index (χ0n) is 18.1. The molecule has 1 aliphatic rings. The van der Waals surface area contributed by atoms with Crippen molar-refractivity contribution in [3.8, 4) is 0 Å². The summed E-state index contributed by atoms with van der Waals surface area (Å²) in [5, 5.41) is 3.49. The van der Waals surface area contributed by atoms with Crippen molar-refractivity contribution in [3.05, 3.63) is 56.7 Å². The molecule has 1 aromatic heterocycles. The van der Waals surface area contributed by atoms with Gasteiger partial charge in [0.25, 0.3) is 0 Å². The van der Waals surface area contributed by atoms with Crippen LogP contribution in [-0.2, 0) is 26.3 Å². The maximum absolute atomic E-state index is 13.0. The van der Waals surface area contributed by atoms with Gasteiger partial charge in [0.2, 0.25) is 11.7 Å². The number of Topliss-reactive ketones (excluding diaryl/α,β-unsaturated/α-hetero) is 1. The fourth-order valence-electron chi connectivity index (χ4n) is 3.75. The average molecular weight is 462 g/mol. The van der Waals surface area contributed by atoms with Gasteiger partial charge in [0, 0.05) is 15.3 Å². The molecule has 0 spiro atoms. The number of thiophene rings is 1. The quantitative estimate of drug-likeness (QED) is 0.448. The SMILES string of the molecule is CC(C)(C)C(=O)NCc1ccc(C(=O)COC(=O)C2(c3ccc(Cl)cc3)CCCC2)s1. The Morgan fingerprint density at radius 2 is 1.71 bits per heavy atom. The van der Waals surface area contributed by atoms with Gasteiger partial charge < -0.3 is 10.1 Å². The molecule has 1 aliphatic carbocycles. The van der Waals surface area contributed by atoms with Crippen LogP contribution in [0.2, 0.25) is 5.02 Å². The number of hydrogen-bond acceptors (Lipinski definition) is 5. The van der Waals surface area contributed by atoms with Crippen LogP contribution in [0.1, 0.15) is 66.6 Å². The van der Waals surface area contributed by atoms with Gasteiger partial charge in [0.1, 0.15) is 0 Å². The van der Waals surface area contributed by atoms with Gasteiger partial charge in [0.05, 0.1) is 16.8 Å². The summed E-state index contributed by atoms with van der Waals surface area (Å²) in [5.41, 5.74) is -0.285. The summed E-state index contributed by atoms with van der Waals surface area (Å²) in [6, 6.07) is 10.8. The summed E-state index contributed by atoms with van der Waals surface area (Å²) in [6.07, 6.45) is 3.30. The van der Waals surface area contributed by atoms with Gasteiger partial charge in [0.15, 0.2) is 6.61 Å². The third-order valence-corrected chi connectivity index (χ3v) is 7.00. The number of ether oxygens (including phenoxy) is 1. The maximum Gasteiger partial charge on any atom is 0.317 e. The summed E-state index contributed by atoms with van der Waals surface area (Å²) < 4.78 is 5.50. The molecule has 2 aromatic rings. The summed E-state index contributed by atoms with van der Waals surface area (Å²) in [5.74, 6) is -0.641. The van der Waals surface area contributed by atoms with Gasteiger partial charge in [-0.2, -0.15) is 0 Å². The van der Waals surface area contributed by atoms with E-state index in [-0.39, 0.29) is 24.3 Å². The molecule has 1 saturated carbocycles. The van der Waals surface area contributed by atoms with E-state index in [1.807, 2.05) is 39.0 Å². The molecule has 0 aliphatic heterocycles. The molecule has 0 atom stereocenters. The normalized spacial score (nSPS) is 15.5. The van der Waals surface area contributed by atoms with Crippen LogP contribution in [0.5, 0.6) is 0 Å². The summed E-state index contributed by atoms with van der Waals surface area (Å²) in [6.45, 7) is 5.62. The van der Waals surface area contributed by atoms with Crippen LogP contribution in [0.15, 0.2) is 36.4 Å². The summed E-state index contributed by atoms with van der Waals surface area (Å²) in [4.78, 5) is 39.0. The Bertz CT molecular complexity index is 953. The first-order chi connectivity index (χ1) is 14.6. The number of ketones is 1. The van der Waals surface area contributed by atoms with Crippen molar-refractivity contribution >= 4 is 40.6 Å². The van der Waals surface area contributed by atoms with Crippen molar-refractivity contribution < 1.29 is 19.1 Å². The number of carbonyl (C=O) groups excluding carboxylic acids is 3. The topological polar surface area (TPSA) is 72.5 Å². The highest BCUT2D eigenvalue weighted by Gasteiger charge is 2.44. The van der Waals surface area contributed by atoms with E-state index in [0.717, 1.165) is 23.3 Å². The van der Waals surface area contributed by atoms with Crippen molar-refractivity contribution in [2.24, 2.45) is 5.41 Å². The van der Waals surface area contributed by atoms with Gasteiger partial charge in [-0.05, 0) is 42.7 Å². The highest BCUT2D eigenvalue weighted by atomic mass is 35.5. The second kappa shape index (κ2) is 9.53. The third-order valence-electron chi connectivity index (χ3n) is 5.62. The van der Waals surface area contributed by atoms with Gasteiger partial charge in [-0.3, -0.25) is 14.4 Å². The molecule has 1 heterocycles. The highest BCUT2D eigenvalue weighted by molar-refractivity contribution is 7.14. The van der Waals surface area contributed by atoms with E-state index in [1.54, 1.807) is 18.2 Å². The van der Waals surface area contributed by atoms with Crippen LogP contribution in [0.3, 0.4) is 0 Å². The lowest BCUT2D eigenvalue weighted by Gasteiger charge is -2.27. The van der Waals surface area contributed by atoms with Crippen LogP contribution in [0.25, 0.3) is 0 Å². The molecular formula is C24H28ClNO4S. The van der Waals surface area contributed by atoms with E-state index in [0.29, 0.717) is 29.3 Å². The fraction of sp³-hybridized carbons (Fsp3) is 0.458. The lowest BCUT2D eigenvalue weighted by atomic mass is 9.79. The van der Waals surface area contributed by atoms with E-state index in [2.05, 4.69) is 5.32 Å². The molecule has 166 valence electrons. The number of nitrogens with one attached hydrogen (secondary N) is 1. The first-order valence-electron chi connectivity index (χ1n) is 10.5. The molecule has 3 rings (SSSR count). The fourth-order valence-corrected chi connectivity index (χ4v) is 4.75. The zero-order chi connectivity index (χ0) is 22.6. The van der Waals surface area contributed by atoms with E-state index in [9.17, 15) is 14.4 Å². The minimum atomic E-state index is -0.706. The van der Waals surface area contributed by atoms with Crippen molar-refractivity contribution in [2.75, 3.05) is 6.61 Å². The Balaban J connectivity index is 1.60. The first-order valence-corrected chi connectivity index (χ1v) is 11.6. The molecule has 5 nitrogen and oxygen atoms in total. The van der Waals surface area contributed by atoms with Crippen molar-refractivity contribution in [1.82, 2.24) is 5.32 Å². The van der Waals surface area contributed by atoms with Crippen molar-refractivity contribution in [1.29, 1.82) is 0 Å². The van der Waals surface area contributed by atoms with E-state index in [4.69, 9.17) is 16.3 Å². The minimum absolute atomic E-state index is 0.0493. The van der Waals surface area contributed by atoms with Gasteiger partial charge in [-0.25, -0.2) is 0 Å². The largest absolute Gasteiger partial charge is 0.457 e. The molecule has 0 bridgehead atoms. The van der Waals surface area contributed by atoms with Crippen molar-refractivity contribution in [2.45, 2.75) is 58.4 Å². The van der Waals surface area contributed by atoms with E-state index in [1.165, 1.54) is 11.3 Å². The number of rotatable bonds is 7. The minimum Gasteiger partial charge on any atom is -0.457 e. The Morgan fingerprint density at radius 1 is 1.06 bits per heavy atom. The lowest BCUT2D eigenvalue weighted by Crippen LogP contribution is -2.35. The van der Waals surface area contributed by atoms with Crippen LogP contribution in [-0.4, -0.2) is 24.3 Å². The van der Waals surface area contributed by atoms with Crippen LogP contribution >= 0.6 is 22.9 Å². The Hall–Kier alpha value is -2.18. The van der Waals surface area contributed by atoms with Crippen LogP contribution in [0, 0.1) is 5.41 Å². The van der Waals surface area contributed by atoms with Gasteiger partial charge in [-0.1, -0.05) is 57.3 Å². The average Bonchev–Trinajstić information content (AvgIpc) is 3.40. The Morgan fingerprint density at radius 3 is 2.32 bits per heavy atom. The number of amides is 1. The molecule has 1 fully saturated rings. The predicted octanol–water partition coefficient (Wildman–Crippen LogP) is 5.30. The molecule has 0 saturated heterocycles. The van der Waals surface area contributed by atoms with E-state index >= 15 is 0 Å². The molecule has 31 heavy (non-hydrogen) atoms. The zero-order valence-corrected chi connectivity index (χ0v) is 19.7. The van der Waals surface area contributed by atoms with Crippen LogP contribution in [0.4, 0.5) is 0 Å². The monoisotopic (exact) mass is 461 g/mol. The number of esters is 1. The molecule has 7 heteroatoms. The second-order valence-corrected chi connectivity index (χ2v) is 10.6. The molecule has 0 unspecified atom stereocenters. The molecule has 1 N–H and O–H groups in total. The number of benzene rings is 1. The Kier molecular flexibility index (Phi) is 7.22. The van der Waals surface area contributed by atoms with E-state index < -0.39 is 10.8 Å². The van der Waals surface area contributed by atoms with Gasteiger partial charge in [-0.15, -0.1) is 11.3 Å². The summed E-state index contributed by atoms with van der Waals surface area (Å²) >= 11 is 7.30. The summed E-state index contributed by atoms with van der Waals surface area (Å²) in [7, 11) is 0. The molecule has 1 aromatic carbocycles. The predicted molar refractivity (Wildman–Crippen MR) is 123 cm³/mol. The Labute approximate surface area is 192 Å². The third kappa shape index (κ3) is 5.55.